The van der Waals surface area contributed by atoms with Crippen molar-refractivity contribution in [2.45, 2.75) is 31.7 Å². The van der Waals surface area contributed by atoms with E-state index < -0.39 is 5.82 Å². The van der Waals surface area contributed by atoms with Crippen LogP contribution in [-0.2, 0) is 0 Å². The van der Waals surface area contributed by atoms with E-state index in [1.807, 2.05) is 14.0 Å². The van der Waals surface area contributed by atoms with Crippen LogP contribution in [0.3, 0.4) is 0 Å². The molecule has 8 heteroatoms. The van der Waals surface area contributed by atoms with E-state index in [2.05, 4.69) is 26.2 Å². The maximum atomic E-state index is 13.6. The number of aryl methyl sites for hydroxylation is 1. The average molecular weight is 402 g/mol. The second-order valence-electron chi connectivity index (χ2n) is 7.02. The number of hydrogen-bond acceptors (Lipinski definition) is 6. The fourth-order valence-corrected chi connectivity index (χ4v) is 4.24. The Morgan fingerprint density at radius 3 is 2.77 bits per heavy atom. The topological polar surface area (TPSA) is 55.8 Å². The number of thiol groups is 1. The molecule has 0 unspecified atom stereocenters. The number of carbonyl (C=O) groups is 1. The number of aliphatic hydroxyl groups is 1. The molecule has 146 valence electrons. The molecule has 1 aromatic carbocycles. The molecule has 0 saturated carbocycles. The molecule has 1 aliphatic heterocycles. The molecule has 0 radical (unpaired) electrons. The summed E-state index contributed by atoms with van der Waals surface area (Å²) < 4.78 is 15.8. The molecule has 0 spiro atoms. The fourth-order valence-electron chi connectivity index (χ4n) is 3.40. The Balaban J connectivity index is 2.15. The van der Waals surface area contributed by atoms with Crippen LogP contribution in [0.2, 0.25) is 0 Å². The number of carbonyl (C=O) groups excluding carboxylic acids is 1. The van der Waals surface area contributed by atoms with E-state index in [9.17, 15) is 9.18 Å². The molecule has 0 bridgehead atoms. The van der Waals surface area contributed by atoms with Gasteiger partial charge in [-0.2, -0.15) is 0 Å². The number of nitrogens with zero attached hydrogens (tertiary/aromatic N) is 2. The minimum atomic E-state index is -0.406. The lowest BCUT2D eigenvalue weighted by Crippen LogP contribution is -2.59. The highest BCUT2D eigenvalue weighted by Crippen LogP contribution is 2.29. The van der Waals surface area contributed by atoms with Gasteiger partial charge >= 0.3 is 0 Å². The van der Waals surface area contributed by atoms with Gasteiger partial charge < -0.3 is 15.3 Å². The van der Waals surface area contributed by atoms with E-state index in [-0.39, 0.29) is 18.1 Å². The lowest BCUT2D eigenvalue weighted by Gasteiger charge is -2.43. The van der Waals surface area contributed by atoms with Crippen LogP contribution in [0, 0.1) is 12.7 Å². The second-order valence-corrected chi connectivity index (χ2v) is 8.19. The van der Waals surface area contributed by atoms with E-state index in [4.69, 9.17) is 5.11 Å². The molecule has 1 saturated heterocycles. The molecule has 1 heterocycles. The first-order chi connectivity index (χ1) is 12.4. The molecule has 2 rings (SSSR count). The quantitative estimate of drug-likeness (QED) is 0.355. The molecule has 0 aromatic heterocycles. The Bertz CT molecular complexity index is 610. The van der Waals surface area contributed by atoms with Crippen LogP contribution in [0.25, 0.3) is 0 Å². The molecule has 1 fully saturated rings. The van der Waals surface area contributed by atoms with Crippen molar-refractivity contribution in [1.82, 2.24) is 14.5 Å². The Labute approximate surface area is 164 Å². The molecule has 2 N–H and O–H groups in total. The zero-order valence-corrected chi connectivity index (χ0v) is 17.1. The highest BCUT2D eigenvalue weighted by Gasteiger charge is 2.37. The first-order valence-electron chi connectivity index (χ1n) is 8.84. The molecule has 0 atom stereocenters. The summed E-state index contributed by atoms with van der Waals surface area (Å²) in [5.41, 5.74) is 0.768. The molecule has 1 aromatic rings. The SMILES string of the molecule is Cc1ccc(F)cc1C(=O)NC1(CN(C)CCCO)CCN(SS)CC1. The Morgan fingerprint density at radius 2 is 2.15 bits per heavy atom. The lowest BCUT2D eigenvalue weighted by molar-refractivity contribution is 0.0799. The van der Waals surface area contributed by atoms with Crippen LogP contribution in [0.1, 0.15) is 35.2 Å². The van der Waals surface area contributed by atoms with Crippen molar-refractivity contribution < 1.29 is 14.3 Å². The summed E-state index contributed by atoms with van der Waals surface area (Å²) in [5, 5.41) is 12.3. The van der Waals surface area contributed by atoms with E-state index in [0.29, 0.717) is 18.5 Å². The molecule has 26 heavy (non-hydrogen) atoms. The molecular formula is C18H28FN3O2S2. The van der Waals surface area contributed by atoms with Gasteiger partial charge in [-0.05, 0) is 61.9 Å². The number of benzene rings is 1. The van der Waals surface area contributed by atoms with Gasteiger partial charge in [0.1, 0.15) is 5.82 Å². The summed E-state index contributed by atoms with van der Waals surface area (Å²) in [7, 11) is 3.41. The standard InChI is InChI=1S/C18H28FN3O2S2/c1-14-4-5-15(19)12-16(14)17(24)20-18(13-21(2)8-3-11-23)6-9-22(26-25)10-7-18/h4-5,12,23,25H,3,6-11,13H2,1-2H3,(H,20,24). The number of hydrogen-bond donors (Lipinski definition) is 3. The summed E-state index contributed by atoms with van der Waals surface area (Å²) in [4.78, 5) is 15.0. The summed E-state index contributed by atoms with van der Waals surface area (Å²) in [6, 6.07) is 4.30. The highest BCUT2D eigenvalue weighted by molar-refractivity contribution is 8.67. The third-order valence-electron chi connectivity index (χ3n) is 4.89. The van der Waals surface area contributed by atoms with Crippen LogP contribution in [0.15, 0.2) is 18.2 Å². The van der Waals surface area contributed by atoms with Gasteiger partial charge in [-0.15, -0.1) is 0 Å². The molecule has 1 amide bonds. The third-order valence-corrected chi connectivity index (χ3v) is 6.18. The van der Waals surface area contributed by atoms with E-state index in [1.54, 1.807) is 6.07 Å². The van der Waals surface area contributed by atoms with Crippen LogP contribution < -0.4 is 5.32 Å². The van der Waals surface area contributed by atoms with Crippen LogP contribution in [0.5, 0.6) is 0 Å². The van der Waals surface area contributed by atoms with Gasteiger partial charge in [-0.25, -0.2) is 8.70 Å². The number of halogens is 1. The number of rotatable bonds is 8. The largest absolute Gasteiger partial charge is 0.396 e. The second kappa shape index (κ2) is 9.94. The molecule has 0 aliphatic carbocycles. The highest BCUT2D eigenvalue weighted by atomic mass is 33.1. The Kier molecular flexibility index (Phi) is 8.22. The molecule has 1 aliphatic rings. The van der Waals surface area contributed by atoms with Crippen LogP contribution in [-0.4, -0.2) is 65.6 Å². The van der Waals surface area contributed by atoms with Crippen molar-refractivity contribution in [1.29, 1.82) is 0 Å². The summed E-state index contributed by atoms with van der Waals surface area (Å²) >= 11 is 4.26. The summed E-state index contributed by atoms with van der Waals surface area (Å²) in [5.74, 6) is -0.638. The first-order valence-corrected chi connectivity index (χ1v) is 10.7. The van der Waals surface area contributed by atoms with Crippen molar-refractivity contribution in [2.24, 2.45) is 0 Å². The zero-order valence-electron chi connectivity index (χ0n) is 15.4. The van der Waals surface area contributed by atoms with Crippen LogP contribution in [0.4, 0.5) is 4.39 Å². The predicted octanol–water partition coefficient (Wildman–Crippen LogP) is 2.51. The van der Waals surface area contributed by atoms with Crippen molar-refractivity contribution in [3.63, 3.8) is 0 Å². The number of likely N-dealkylation sites (N-methyl/N-ethyl adjacent to an activating group) is 1. The number of nitrogens with one attached hydrogen (secondary N) is 1. The maximum Gasteiger partial charge on any atom is 0.252 e. The van der Waals surface area contributed by atoms with Crippen LogP contribution >= 0.6 is 22.6 Å². The minimum absolute atomic E-state index is 0.149. The predicted molar refractivity (Wildman–Crippen MR) is 108 cm³/mol. The van der Waals surface area contributed by atoms with E-state index in [1.165, 1.54) is 23.1 Å². The lowest BCUT2D eigenvalue weighted by atomic mass is 9.87. The van der Waals surface area contributed by atoms with Gasteiger partial charge in [0.25, 0.3) is 5.91 Å². The van der Waals surface area contributed by atoms with Gasteiger partial charge in [0.2, 0.25) is 0 Å². The molecular weight excluding hydrogens is 373 g/mol. The Hall–Kier alpha value is -0.800. The zero-order chi connectivity index (χ0) is 19.2. The van der Waals surface area contributed by atoms with Gasteiger partial charge in [-0.1, -0.05) is 17.7 Å². The fraction of sp³-hybridized carbons (Fsp3) is 0.611. The van der Waals surface area contributed by atoms with Gasteiger partial charge in [-0.3, -0.25) is 4.79 Å². The monoisotopic (exact) mass is 401 g/mol. The van der Waals surface area contributed by atoms with Crippen molar-refractivity contribution >= 4 is 28.5 Å². The van der Waals surface area contributed by atoms with Gasteiger partial charge in [0.15, 0.2) is 0 Å². The average Bonchev–Trinajstić information content (AvgIpc) is 2.62. The summed E-state index contributed by atoms with van der Waals surface area (Å²) in [6.45, 7) is 5.07. The smallest absolute Gasteiger partial charge is 0.252 e. The van der Waals surface area contributed by atoms with E-state index >= 15 is 0 Å². The van der Waals surface area contributed by atoms with E-state index in [0.717, 1.165) is 38.0 Å². The third kappa shape index (κ3) is 5.85. The Morgan fingerprint density at radius 1 is 1.46 bits per heavy atom. The number of amides is 1. The maximum absolute atomic E-state index is 13.6. The minimum Gasteiger partial charge on any atom is -0.396 e. The van der Waals surface area contributed by atoms with Crippen molar-refractivity contribution in [3.05, 3.63) is 35.1 Å². The van der Waals surface area contributed by atoms with Crippen molar-refractivity contribution in [3.8, 4) is 0 Å². The van der Waals surface area contributed by atoms with Gasteiger partial charge in [0, 0.05) is 38.3 Å². The van der Waals surface area contributed by atoms with Crippen molar-refractivity contribution in [2.75, 3.05) is 39.8 Å². The number of piperidine rings is 1. The number of aliphatic hydroxyl groups excluding tert-OH is 1. The molecule has 5 nitrogen and oxygen atoms in total. The summed E-state index contributed by atoms with van der Waals surface area (Å²) in [6.07, 6.45) is 2.29. The first kappa shape index (κ1) is 21.5. The normalized spacial score (nSPS) is 17.5. The van der Waals surface area contributed by atoms with Gasteiger partial charge in [0.05, 0.1) is 5.54 Å².